The molecule has 1 heterocycles. The first-order valence-corrected chi connectivity index (χ1v) is 9.65. The number of amides is 3. The SMILES string of the molecule is CCOc1ccc(C(=O)NCC(=O)NCCCN2CCCCCC2=O)cc1. The Morgan fingerprint density at radius 1 is 1.11 bits per heavy atom. The minimum Gasteiger partial charge on any atom is -0.494 e. The molecule has 2 rings (SSSR count). The van der Waals surface area contributed by atoms with Gasteiger partial charge in [0.1, 0.15) is 5.75 Å². The average Bonchev–Trinajstić information content (AvgIpc) is 2.88. The van der Waals surface area contributed by atoms with Crippen LogP contribution in [0.5, 0.6) is 5.75 Å². The van der Waals surface area contributed by atoms with Crippen LogP contribution in [-0.2, 0) is 9.59 Å². The largest absolute Gasteiger partial charge is 0.494 e. The van der Waals surface area contributed by atoms with Crippen LogP contribution < -0.4 is 15.4 Å². The highest BCUT2D eigenvalue weighted by Crippen LogP contribution is 2.12. The zero-order valence-electron chi connectivity index (χ0n) is 16.0. The summed E-state index contributed by atoms with van der Waals surface area (Å²) in [6.07, 6.45) is 4.47. The predicted molar refractivity (Wildman–Crippen MR) is 103 cm³/mol. The fraction of sp³-hybridized carbons (Fsp3) is 0.550. The molecular weight excluding hydrogens is 346 g/mol. The van der Waals surface area contributed by atoms with Crippen LogP contribution in [0.1, 0.15) is 49.4 Å². The van der Waals surface area contributed by atoms with Crippen LogP contribution in [0, 0.1) is 0 Å². The van der Waals surface area contributed by atoms with Gasteiger partial charge in [0, 0.05) is 31.6 Å². The highest BCUT2D eigenvalue weighted by Gasteiger charge is 2.15. The first-order valence-electron chi connectivity index (χ1n) is 9.65. The van der Waals surface area contributed by atoms with Crippen molar-refractivity contribution in [1.29, 1.82) is 0 Å². The second kappa shape index (κ2) is 11.2. The van der Waals surface area contributed by atoms with Crippen LogP contribution in [-0.4, -0.2) is 55.4 Å². The van der Waals surface area contributed by atoms with E-state index in [-0.39, 0.29) is 24.3 Å². The van der Waals surface area contributed by atoms with Crippen molar-refractivity contribution in [3.05, 3.63) is 29.8 Å². The van der Waals surface area contributed by atoms with Crippen molar-refractivity contribution in [3.63, 3.8) is 0 Å². The summed E-state index contributed by atoms with van der Waals surface area (Å²) in [4.78, 5) is 37.7. The summed E-state index contributed by atoms with van der Waals surface area (Å²) in [5.74, 6) is 0.371. The van der Waals surface area contributed by atoms with Gasteiger partial charge < -0.3 is 20.3 Å². The maximum Gasteiger partial charge on any atom is 0.251 e. The minimum atomic E-state index is -0.302. The van der Waals surface area contributed by atoms with Crippen LogP contribution in [0.4, 0.5) is 0 Å². The number of nitrogens with zero attached hydrogens (tertiary/aromatic N) is 1. The van der Waals surface area contributed by atoms with Gasteiger partial charge in [-0.3, -0.25) is 14.4 Å². The van der Waals surface area contributed by atoms with Crippen molar-refractivity contribution in [1.82, 2.24) is 15.5 Å². The van der Waals surface area contributed by atoms with Crippen LogP contribution in [0.15, 0.2) is 24.3 Å². The summed E-state index contributed by atoms with van der Waals surface area (Å²) in [7, 11) is 0. The second-order valence-corrected chi connectivity index (χ2v) is 6.54. The normalized spacial score (nSPS) is 14.4. The number of likely N-dealkylation sites (tertiary alicyclic amines) is 1. The van der Waals surface area contributed by atoms with E-state index in [1.165, 1.54) is 0 Å². The van der Waals surface area contributed by atoms with Crippen LogP contribution in [0.3, 0.4) is 0 Å². The quantitative estimate of drug-likeness (QED) is 0.644. The molecule has 7 nitrogen and oxygen atoms in total. The molecule has 1 saturated heterocycles. The number of hydrogen-bond acceptors (Lipinski definition) is 4. The highest BCUT2D eigenvalue weighted by molar-refractivity contribution is 5.96. The summed E-state index contributed by atoms with van der Waals surface area (Å²) < 4.78 is 5.33. The fourth-order valence-corrected chi connectivity index (χ4v) is 2.97. The molecule has 148 valence electrons. The van der Waals surface area contributed by atoms with Crippen molar-refractivity contribution in [2.75, 3.05) is 32.8 Å². The fourth-order valence-electron chi connectivity index (χ4n) is 2.97. The third-order valence-electron chi connectivity index (χ3n) is 4.44. The molecule has 0 aliphatic carbocycles. The molecular formula is C20H29N3O4. The third kappa shape index (κ3) is 7.29. The molecule has 1 fully saturated rings. The Labute approximate surface area is 160 Å². The molecule has 0 atom stereocenters. The highest BCUT2D eigenvalue weighted by atomic mass is 16.5. The summed E-state index contributed by atoms with van der Waals surface area (Å²) in [5, 5.41) is 5.37. The number of carbonyl (C=O) groups excluding carboxylic acids is 3. The Kier molecular flexibility index (Phi) is 8.61. The van der Waals surface area contributed by atoms with Gasteiger partial charge in [0.15, 0.2) is 0 Å². The van der Waals surface area contributed by atoms with E-state index >= 15 is 0 Å². The lowest BCUT2D eigenvalue weighted by atomic mass is 10.2. The third-order valence-corrected chi connectivity index (χ3v) is 4.44. The monoisotopic (exact) mass is 375 g/mol. The molecule has 27 heavy (non-hydrogen) atoms. The number of nitrogens with one attached hydrogen (secondary N) is 2. The Morgan fingerprint density at radius 3 is 2.63 bits per heavy atom. The van der Waals surface area contributed by atoms with Gasteiger partial charge in [0.2, 0.25) is 11.8 Å². The van der Waals surface area contributed by atoms with Gasteiger partial charge >= 0.3 is 0 Å². The van der Waals surface area contributed by atoms with Crippen molar-refractivity contribution >= 4 is 17.7 Å². The number of ether oxygens (including phenoxy) is 1. The van der Waals surface area contributed by atoms with Gasteiger partial charge in [0.25, 0.3) is 5.91 Å². The maximum absolute atomic E-state index is 12.0. The van der Waals surface area contributed by atoms with Gasteiger partial charge in [0.05, 0.1) is 13.2 Å². The summed E-state index contributed by atoms with van der Waals surface area (Å²) in [5.41, 5.74) is 0.478. The number of hydrogen-bond donors (Lipinski definition) is 2. The average molecular weight is 375 g/mol. The first-order chi connectivity index (χ1) is 13.1. The molecule has 1 aromatic rings. The minimum absolute atomic E-state index is 0.0747. The Hall–Kier alpha value is -2.57. The first kappa shape index (κ1) is 20.7. The van der Waals surface area contributed by atoms with Crippen LogP contribution >= 0.6 is 0 Å². The number of rotatable bonds is 9. The molecule has 0 bridgehead atoms. The zero-order chi connectivity index (χ0) is 19.5. The van der Waals surface area contributed by atoms with Gasteiger partial charge in [-0.25, -0.2) is 0 Å². The van der Waals surface area contributed by atoms with Crippen molar-refractivity contribution in [2.24, 2.45) is 0 Å². The van der Waals surface area contributed by atoms with E-state index in [2.05, 4.69) is 10.6 Å². The molecule has 0 aromatic heterocycles. The zero-order valence-corrected chi connectivity index (χ0v) is 16.0. The van der Waals surface area contributed by atoms with E-state index < -0.39 is 0 Å². The van der Waals surface area contributed by atoms with E-state index in [1.807, 2.05) is 11.8 Å². The van der Waals surface area contributed by atoms with Crippen molar-refractivity contribution < 1.29 is 19.1 Å². The maximum atomic E-state index is 12.0. The van der Waals surface area contributed by atoms with E-state index in [0.717, 1.165) is 25.8 Å². The van der Waals surface area contributed by atoms with Gasteiger partial charge in [-0.1, -0.05) is 6.42 Å². The lowest BCUT2D eigenvalue weighted by Gasteiger charge is -2.20. The van der Waals surface area contributed by atoms with E-state index in [0.29, 0.717) is 43.9 Å². The Balaban J connectivity index is 1.62. The summed E-state index contributed by atoms with van der Waals surface area (Å²) in [6.45, 7) is 4.35. The van der Waals surface area contributed by atoms with Gasteiger partial charge in [-0.2, -0.15) is 0 Å². The number of benzene rings is 1. The molecule has 1 aliphatic rings. The molecule has 0 saturated carbocycles. The van der Waals surface area contributed by atoms with E-state index in [1.54, 1.807) is 24.3 Å². The Morgan fingerprint density at radius 2 is 1.89 bits per heavy atom. The smallest absolute Gasteiger partial charge is 0.251 e. The second-order valence-electron chi connectivity index (χ2n) is 6.54. The Bertz CT molecular complexity index is 631. The molecule has 3 amide bonds. The van der Waals surface area contributed by atoms with Crippen LogP contribution in [0.25, 0.3) is 0 Å². The molecule has 1 aliphatic heterocycles. The topological polar surface area (TPSA) is 87.7 Å². The lowest BCUT2D eigenvalue weighted by molar-refractivity contribution is -0.130. The van der Waals surface area contributed by atoms with E-state index in [9.17, 15) is 14.4 Å². The summed E-state index contributed by atoms with van der Waals surface area (Å²) in [6, 6.07) is 6.78. The standard InChI is InChI=1S/C20H29N3O4/c1-2-27-17-10-8-16(9-11-17)20(26)22-15-18(24)21-12-6-14-23-13-5-3-4-7-19(23)25/h8-11H,2-7,12-15H2,1H3,(H,21,24)(H,22,26). The van der Waals surface area contributed by atoms with Crippen molar-refractivity contribution in [3.8, 4) is 5.75 Å². The molecule has 2 N–H and O–H groups in total. The molecule has 1 aromatic carbocycles. The molecule has 0 unspecified atom stereocenters. The predicted octanol–water partition coefficient (Wildman–Crippen LogP) is 1.72. The van der Waals surface area contributed by atoms with E-state index in [4.69, 9.17) is 4.74 Å². The molecule has 0 radical (unpaired) electrons. The van der Waals surface area contributed by atoms with Crippen molar-refractivity contribution in [2.45, 2.75) is 39.0 Å². The van der Waals surface area contributed by atoms with Gasteiger partial charge in [-0.15, -0.1) is 0 Å². The van der Waals surface area contributed by atoms with Crippen LogP contribution in [0.2, 0.25) is 0 Å². The summed E-state index contributed by atoms with van der Waals surface area (Å²) >= 11 is 0. The molecule has 7 heteroatoms. The lowest BCUT2D eigenvalue weighted by Crippen LogP contribution is -2.38. The molecule has 0 spiro atoms. The number of carbonyl (C=O) groups is 3. The van der Waals surface area contributed by atoms with Gasteiger partial charge in [-0.05, 0) is 50.5 Å².